The van der Waals surface area contributed by atoms with E-state index in [0.29, 0.717) is 11.7 Å². The van der Waals surface area contributed by atoms with Gasteiger partial charge in [-0.15, -0.1) is 0 Å². The van der Waals surface area contributed by atoms with Gasteiger partial charge in [-0.3, -0.25) is 0 Å². The number of pyridine rings is 1. The highest BCUT2D eigenvalue weighted by Gasteiger charge is 2.14. The maximum atomic E-state index is 6.03. The van der Waals surface area contributed by atoms with Crippen molar-refractivity contribution in [2.24, 2.45) is 7.05 Å². The Morgan fingerprint density at radius 3 is 2.95 bits per heavy atom. The smallest absolute Gasteiger partial charge is 0.216 e. The largest absolute Gasteiger partial charge is 0.481 e. The maximum absolute atomic E-state index is 6.03. The van der Waals surface area contributed by atoms with E-state index in [-0.39, 0.29) is 0 Å². The van der Waals surface area contributed by atoms with Crippen LogP contribution in [0.25, 0.3) is 0 Å². The van der Waals surface area contributed by atoms with Crippen molar-refractivity contribution in [2.45, 2.75) is 13.5 Å². The molecule has 0 aromatic carbocycles. The summed E-state index contributed by atoms with van der Waals surface area (Å²) < 4.78 is 7.93. The number of hydrogen-bond acceptors (Lipinski definition) is 4. The van der Waals surface area contributed by atoms with Gasteiger partial charge in [-0.05, 0) is 28.9 Å². The van der Waals surface area contributed by atoms with E-state index < -0.39 is 0 Å². The molecule has 0 saturated heterocycles. The summed E-state index contributed by atoms with van der Waals surface area (Å²) in [6, 6.07) is 1.88. The first-order valence-corrected chi connectivity index (χ1v) is 6.81. The number of halogens is 2. The van der Waals surface area contributed by atoms with Crippen molar-refractivity contribution >= 4 is 33.2 Å². The molecule has 0 aliphatic rings. The fourth-order valence-electron chi connectivity index (χ4n) is 1.87. The standard InChI is InChI=1S/C12H14BrClN4O/c1-7-9(12(19-3)18(2)17-7)6-15-10-4-8(13)5-16-11(10)14/h4-5,15H,6H2,1-3H3. The lowest BCUT2D eigenvalue weighted by Gasteiger charge is -2.09. The quantitative estimate of drug-likeness (QED) is 0.865. The monoisotopic (exact) mass is 344 g/mol. The van der Waals surface area contributed by atoms with Crippen molar-refractivity contribution in [2.75, 3.05) is 12.4 Å². The Bertz CT molecular complexity index is 600. The van der Waals surface area contributed by atoms with Crippen molar-refractivity contribution in [3.05, 3.63) is 33.1 Å². The number of rotatable bonds is 4. The van der Waals surface area contributed by atoms with Gasteiger partial charge in [-0.25, -0.2) is 9.67 Å². The van der Waals surface area contributed by atoms with Crippen LogP contribution >= 0.6 is 27.5 Å². The third kappa shape index (κ3) is 3.01. The van der Waals surface area contributed by atoms with Gasteiger partial charge in [-0.1, -0.05) is 11.6 Å². The minimum atomic E-state index is 0.434. The molecule has 2 heterocycles. The van der Waals surface area contributed by atoms with Crippen LogP contribution in [0.1, 0.15) is 11.3 Å². The van der Waals surface area contributed by atoms with Crippen LogP contribution in [0.4, 0.5) is 5.69 Å². The van der Waals surface area contributed by atoms with Gasteiger partial charge in [0.2, 0.25) is 5.88 Å². The highest BCUT2D eigenvalue weighted by Crippen LogP contribution is 2.26. The van der Waals surface area contributed by atoms with Gasteiger partial charge in [0.05, 0.1) is 24.1 Å². The Morgan fingerprint density at radius 2 is 2.26 bits per heavy atom. The van der Waals surface area contributed by atoms with Crippen LogP contribution in [0.5, 0.6) is 5.88 Å². The molecule has 19 heavy (non-hydrogen) atoms. The first-order chi connectivity index (χ1) is 9.02. The van der Waals surface area contributed by atoms with E-state index in [1.165, 1.54) is 0 Å². The third-order valence-corrected chi connectivity index (χ3v) is 3.48. The van der Waals surface area contributed by atoms with E-state index in [9.17, 15) is 0 Å². The molecule has 0 spiro atoms. The molecule has 0 aliphatic heterocycles. The normalized spacial score (nSPS) is 10.6. The minimum absolute atomic E-state index is 0.434. The van der Waals surface area contributed by atoms with Crippen LogP contribution < -0.4 is 10.1 Å². The van der Waals surface area contributed by atoms with Gasteiger partial charge in [0.15, 0.2) is 5.15 Å². The van der Waals surface area contributed by atoms with Crippen molar-refractivity contribution in [3.8, 4) is 5.88 Å². The topological polar surface area (TPSA) is 52.0 Å². The summed E-state index contributed by atoms with van der Waals surface area (Å²) in [5, 5.41) is 8.00. The zero-order valence-electron chi connectivity index (χ0n) is 10.9. The Morgan fingerprint density at radius 1 is 1.53 bits per heavy atom. The second-order valence-electron chi connectivity index (χ2n) is 4.04. The van der Waals surface area contributed by atoms with Crippen LogP contribution in [-0.2, 0) is 13.6 Å². The van der Waals surface area contributed by atoms with Gasteiger partial charge in [0.25, 0.3) is 0 Å². The highest BCUT2D eigenvalue weighted by molar-refractivity contribution is 9.10. The molecule has 0 bridgehead atoms. The van der Waals surface area contributed by atoms with E-state index in [1.807, 2.05) is 20.0 Å². The van der Waals surface area contributed by atoms with Gasteiger partial charge in [-0.2, -0.15) is 5.10 Å². The highest BCUT2D eigenvalue weighted by atomic mass is 79.9. The number of aromatic nitrogens is 3. The van der Waals surface area contributed by atoms with E-state index in [2.05, 4.69) is 31.3 Å². The van der Waals surface area contributed by atoms with Gasteiger partial charge in [0, 0.05) is 24.3 Å². The average Bonchev–Trinajstić information content (AvgIpc) is 2.64. The van der Waals surface area contributed by atoms with Crippen molar-refractivity contribution < 1.29 is 4.74 Å². The van der Waals surface area contributed by atoms with Crippen molar-refractivity contribution in [1.82, 2.24) is 14.8 Å². The first-order valence-electron chi connectivity index (χ1n) is 5.64. The SMILES string of the molecule is COc1c(CNc2cc(Br)cnc2Cl)c(C)nn1C. The average molecular weight is 346 g/mol. The molecule has 0 saturated carbocycles. The molecule has 0 aliphatic carbocycles. The molecular formula is C12H14BrClN4O. The summed E-state index contributed by atoms with van der Waals surface area (Å²) in [6.45, 7) is 2.51. The lowest BCUT2D eigenvalue weighted by atomic mass is 10.2. The maximum Gasteiger partial charge on any atom is 0.216 e. The number of aryl methyl sites for hydroxylation is 2. The number of anilines is 1. The fraction of sp³-hybridized carbons (Fsp3) is 0.333. The molecule has 0 atom stereocenters. The summed E-state index contributed by atoms with van der Waals surface area (Å²) in [6.07, 6.45) is 1.66. The summed E-state index contributed by atoms with van der Waals surface area (Å²) in [5.41, 5.74) is 2.69. The first kappa shape index (κ1) is 14.1. The molecule has 2 aromatic heterocycles. The molecule has 0 radical (unpaired) electrons. The molecule has 5 nitrogen and oxygen atoms in total. The van der Waals surface area contributed by atoms with E-state index in [4.69, 9.17) is 16.3 Å². The van der Waals surface area contributed by atoms with E-state index >= 15 is 0 Å². The predicted octanol–water partition coefficient (Wildman–Crippen LogP) is 3.16. The number of nitrogens with one attached hydrogen (secondary N) is 1. The van der Waals surface area contributed by atoms with Gasteiger partial charge < -0.3 is 10.1 Å². The Kier molecular flexibility index (Phi) is 4.31. The van der Waals surface area contributed by atoms with Crippen molar-refractivity contribution in [1.29, 1.82) is 0 Å². The van der Waals surface area contributed by atoms with Gasteiger partial charge in [0.1, 0.15) is 0 Å². The fourth-order valence-corrected chi connectivity index (χ4v) is 2.37. The second kappa shape index (κ2) is 5.79. The summed E-state index contributed by atoms with van der Waals surface area (Å²) in [4.78, 5) is 4.07. The Balaban J connectivity index is 2.21. The van der Waals surface area contributed by atoms with Crippen molar-refractivity contribution in [3.63, 3.8) is 0 Å². The summed E-state index contributed by atoms with van der Waals surface area (Å²) >= 11 is 9.40. The van der Waals surface area contributed by atoms with Crippen LogP contribution in [0.15, 0.2) is 16.7 Å². The number of methoxy groups -OCH3 is 1. The summed E-state index contributed by atoms with van der Waals surface area (Å²) in [7, 11) is 3.48. The van der Waals surface area contributed by atoms with Crippen LogP contribution in [-0.4, -0.2) is 21.9 Å². The van der Waals surface area contributed by atoms with E-state index in [1.54, 1.807) is 18.0 Å². The number of nitrogens with zero attached hydrogens (tertiary/aromatic N) is 3. The molecule has 2 aromatic rings. The third-order valence-electron chi connectivity index (χ3n) is 2.74. The van der Waals surface area contributed by atoms with Crippen LogP contribution in [0, 0.1) is 6.92 Å². The molecule has 7 heteroatoms. The van der Waals surface area contributed by atoms with Gasteiger partial charge >= 0.3 is 0 Å². The Hall–Kier alpha value is -1.27. The molecule has 102 valence electrons. The van der Waals surface area contributed by atoms with Crippen LogP contribution in [0.2, 0.25) is 5.15 Å². The number of ether oxygens (including phenoxy) is 1. The summed E-state index contributed by atoms with van der Waals surface area (Å²) in [5.74, 6) is 0.740. The Labute approximate surface area is 125 Å². The molecule has 0 amide bonds. The molecule has 0 unspecified atom stereocenters. The lowest BCUT2D eigenvalue weighted by Crippen LogP contribution is -2.03. The lowest BCUT2D eigenvalue weighted by molar-refractivity contribution is 0.370. The van der Waals surface area contributed by atoms with Crippen LogP contribution in [0.3, 0.4) is 0 Å². The molecule has 2 rings (SSSR count). The molecule has 0 fully saturated rings. The zero-order valence-corrected chi connectivity index (χ0v) is 13.2. The second-order valence-corrected chi connectivity index (χ2v) is 5.32. The number of hydrogen-bond donors (Lipinski definition) is 1. The zero-order chi connectivity index (χ0) is 14.0. The predicted molar refractivity (Wildman–Crippen MR) is 78.8 cm³/mol. The molecular weight excluding hydrogens is 332 g/mol. The minimum Gasteiger partial charge on any atom is -0.481 e. The molecule has 1 N–H and O–H groups in total. The van der Waals surface area contributed by atoms with E-state index in [0.717, 1.165) is 27.3 Å².